The zero-order valence-electron chi connectivity index (χ0n) is 6.31. The third-order valence-corrected chi connectivity index (χ3v) is 0.448. The van der Waals surface area contributed by atoms with Crippen molar-refractivity contribution >= 4 is 5.91 Å². The Labute approximate surface area is 56.2 Å². The van der Waals surface area contributed by atoms with Crippen molar-refractivity contribution in [3.63, 3.8) is 0 Å². The van der Waals surface area contributed by atoms with Gasteiger partial charge in [0.05, 0.1) is 0 Å². The number of carbonyl (C=O) groups excluding carboxylic acids is 1. The van der Waals surface area contributed by atoms with Crippen LogP contribution < -0.4 is 5.73 Å². The summed E-state index contributed by atoms with van der Waals surface area (Å²) in [6.45, 7) is 6.39. The molecule has 2 N–H and O–H groups in total. The number of amides is 1. The van der Waals surface area contributed by atoms with Crippen LogP contribution >= 0.6 is 0 Å². The van der Waals surface area contributed by atoms with Gasteiger partial charge in [0.1, 0.15) is 6.61 Å². The van der Waals surface area contributed by atoms with Gasteiger partial charge in [0.25, 0.3) is 0 Å². The van der Waals surface area contributed by atoms with E-state index in [1.165, 1.54) is 0 Å². The molecule has 0 aromatic heterocycles. The molecule has 0 radical (unpaired) electrons. The molecule has 0 aromatic carbocycles. The van der Waals surface area contributed by atoms with Crippen molar-refractivity contribution in [2.24, 2.45) is 5.73 Å². The number of hydrogen-bond donors (Lipinski definition) is 1. The van der Waals surface area contributed by atoms with Crippen molar-refractivity contribution in [3.05, 3.63) is 0 Å². The highest BCUT2D eigenvalue weighted by Crippen LogP contribution is 1.67. The Balaban J connectivity index is 0. The van der Waals surface area contributed by atoms with E-state index in [0.29, 0.717) is 6.61 Å². The van der Waals surface area contributed by atoms with Crippen molar-refractivity contribution in [2.75, 3.05) is 13.2 Å². The van der Waals surface area contributed by atoms with Gasteiger partial charge in [-0.25, -0.2) is 0 Å². The molecule has 0 aliphatic carbocycles. The standard InChI is InChI=1S/C4H9NO2.C2H6/c1-2-7-3-4(5)6;1-2/h2-3H2,1H3,(H2,5,6);1-2H3. The average molecular weight is 133 g/mol. The van der Waals surface area contributed by atoms with E-state index >= 15 is 0 Å². The van der Waals surface area contributed by atoms with Gasteiger partial charge in [-0.05, 0) is 6.92 Å². The minimum atomic E-state index is -0.415. The summed E-state index contributed by atoms with van der Waals surface area (Å²) in [7, 11) is 0. The third kappa shape index (κ3) is 18.6. The number of ether oxygens (including phenoxy) is 1. The molecule has 0 saturated carbocycles. The van der Waals surface area contributed by atoms with Crippen LogP contribution in [0, 0.1) is 0 Å². The van der Waals surface area contributed by atoms with Crippen LogP contribution in [-0.2, 0) is 9.53 Å². The maximum Gasteiger partial charge on any atom is 0.243 e. The maximum atomic E-state index is 9.86. The molecular weight excluding hydrogens is 118 g/mol. The molecular formula is C6H15NO2. The average Bonchev–Trinajstić information content (AvgIpc) is 1.88. The Morgan fingerprint density at radius 1 is 1.56 bits per heavy atom. The van der Waals surface area contributed by atoms with E-state index in [-0.39, 0.29) is 6.61 Å². The first-order chi connectivity index (χ1) is 4.27. The first-order valence-corrected chi connectivity index (χ1v) is 3.13. The van der Waals surface area contributed by atoms with Crippen LogP contribution in [0.15, 0.2) is 0 Å². The van der Waals surface area contributed by atoms with E-state index in [4.69, 9.17) is 5.73 Å². The largest absolute Gasteiger partial charge is 0.372 e. The number of nitrogens with two attached hydrogens (primary N) is 1. The second-order valence-electron chi connectivity index (χ2n) is 1.10. The second-order valence-corrected chi connectivity index (χ2v) is 1.10. The monoisotopic (exact) mass is 133 g/mol. The van der Waals surface area contributed by atoms with Crippen LogP contribution in [0.5, 0.6) is 0 Å². The summed E-state index contributed by atoms with van der Waals surface area (Å²) in [4.78, 5) is 9.86. The third-order valence-electron chi connectivity index (χ3n) is 0.448. The number of hydrogen-bond acceptors (Lipinski definition) is 2. The van der Waals surface area contributed by atoms with Gasteiger partial charge < -0.3 is 10.5 Å². The number of primary amides is 1. The molecule has 0 aliphatic rings. The van der Waals surface area contributed by atoms with Gasteiger partial charge >= 0.3 is 0 Å². The summed E-state index contributed by atoms with van der Waals surface area (Å²) < 4.78 is 4.62. The highest BCUT2D eigenvalue weighted by Gasteiger charge is 1.87. The molecule has 0 aliphatic heterocycles. The normalized spacial score (nSPS) is 7.44. The Morgan fingerprint density at radius 2 is 2.00 bits per heavy atom. The molecule has 0 bridgehead atoms. The number of rotatable bonds is 3. The second kappa shape index (κ2) is 10.4. The molecule has 0 aromatic rings. The first-order valence-electron chi connectivity index (χ1n) is 3.13. The quantitative estimate of drug-likeness (QED) is 0.610. The highest BCUT2D eigenvalue weighted by molar-refractivity contribution is 5.74. The van der Waals surface area contributed by atoms with Crippen LogP contribution in [0.4, 0.5) is 0 Å². The van der Waals surface area contributed by atoms with Gasteiger partial charge in [-0.2, -0.15) is 0 Å². The Hall–Kier alpha value is -0.570. The van der Waals surface area contributed by atoms with Gasteiger partial charge in [0, 0.05) is 6.61 Å². The van der Waals surface area contributed by atoms with Gasteiger partial charge in [0.15, 0.2) is 0 Å². The van der Waals surface area contributed by atoms with E-state index in [2.05, 4.69) is 4.74 Å². The smallest absolute Gasteiger partial charge is 0.243 e. The van der Waals surface area contributed by atoms with E-state index in [9.17, 15) is 4.79 Å². The molecule has 9 heavy (non-hydrogen) atoms. The van der Waals surface area contributed by atoms with Crippen molar-refractivity contribution in [1.29, 1.82) is 0 Å². The summed E-state index contributed by atoms with van der Waals surface area (Å²) in [6.07, 6.45) is 0. The first kappa shape index (κ1) is 11.3. The van der Waals surface area contributed by atoms with Gasteiger partial charge in [0.2, 0.25) is 5.91 Å². The summed E-state index contributed by atoms with van der Waals surface area (Å²) in [6, 6.07) is 0. The summed E-state index contributed by atoms with van der Waals surface area (Å²) in [5.74, 6) is -0.415. The SMILES string of the molecule is CC.CCOCC(N)=O. The number of carbonyl (C=O) groups is 1. The molecule has 3 nitrogen and oxygen atoms in total. The van der Waals surface area contributed by atoms with Crippen LogP contribution in [-0.4, -0.2) is 19.1 Å². The zero-order chi connectivity index (χ0) is 7.70. The van der Waals surface area contributed by atoms with Crippen LogP contribution in [0.2, 0.25) is 0 Å². The predicted molar refractivity (Wildman–Crippen MR) is 37.0 cm³/mol. The molecule has 0 fully saturated rings. The van der Waals surface area contributed by atoms with Crippen molar-refractivity contribution < 1.29 is 9.53 Å². The van der Waals surface area contributed by atoms with E-state index in [0.717, 1.165) is 0 Å². The molecule has 0 atom stereocenters. The predicted octanol–water partition coefficient (Wildman–Crippen LogP) is 0.534. The van der Waals surface area contributed by atoms with Crippen molar-refractivity contribution in [2.45, 2.75) is 20.8 Å². The molecule has 0 rings (SSSR count). The molecule has 3 heteroatoms. The fourth-order valence-electron chi connectivity index (χ4n) is 0.203. The Morgan fingerprint density at radius 3 is 2.11 bits per heavy atom. The minimum Gasteiger partial charge on any atom is -0.372 e. The topological polar surface area (TPSA) is 52.3 Å². The van der Waals surface area contributed by atoms with E-state index in [1.54, 1.807) is 0 Å². The molecule has 0 spiro atoms. The zero-order valence-corrected chi connectivity index (χ0v) is 6.31. The fourth-order valence-corrected chi connectivity index (χ4v) is 0.203. The fraction of sp³-hybridized carbons (Fsp3) is 0.833. The Bertz CT molecular complexity index is 64.1. The lowest BCUT2D eigenvalue weighted by Gasteiger charge is -1.91. The van der Waals surface area contributed by atoms with Crippen molar-refractivity contribution in [1.82, 2.24) is 0 Å². The molecule has 0 heterocycles. The molecule has 56 valence electrons. The van der Waals surface area contributed by atoms with E-state index in [1.807, 2.05) is 20.8 Å². The van der Waals surface area contributed by atoms with Gasteiger partial charge in [-0.15, -0.1) is 0 Å². The summed E-state index contributed by atoms with van der Waals surface area (Å²) in [5, 5.41) is 0. The maximum absolute atomic E-state index is 9.86. The Kier molecular flexibility index (Phi) is 13.0. The van der Waals surface area contributed by atoms with Crippen LogP contribution in [0.3, 0.4) is 0 Å². The van der Waals surface area contributed by atoms with E-state index < -0.39 is 5.91 Å². The lowest BCUT2D eigenvalue weighted by molar-refractivity contribution is -0.122. The summed E-state index contributed by atoms with van der Waals surface area (Å²) in [5.41, 5.74) is 4.71. The van der Waals surface area contributed by atoms with Gasteiger partial charge in [-0.1, -0.05) is 13.8 Å². The summed E-state index contributed by atoms with van der Waals surface area (Å²) >= 11 is 0. The van der Waals surface area contributed by atoms with Gasteiger partial charge in [-0.3, -0.25) is 4.79 Å². The molecule has 0 saturated heterocycles. The van der Waals surface area contributed by atoms with Crippen LogP contribution in [0.25, 0.3) is 0 Å². The molecule has 1 amide bonds. The highest BCUT2D eigenvalue weighted by atomic mass is 16.5. The minimum absolute atomic E-state index is 0.0382. The van der Waals surface area contributed by atoms with Crippen LogP contribution in [0.1, 0.15) is 20.8 Å². The lowest BCUT2D eigenvalue weighted by atomic mass is 10.7. The lowest BCUT2D eigenvalue weighted by Crippen LogP contribution is -2.17. The van der Waals surface area contributed by atoms with Crippen molar-refractivity contribution in [3.8, 4) is 0 Å². The molecule has 0 unspecified atom stereocenters.